The van der Waals surface area contributed by atoms with E-state index < -0.39 is 17.2 Å². The first-order valence-electron chi connectivity index (χ1n) is 7.61. The number of hydrogen-bond acceptors (Lipinski definition) is 4. The normalized spacial score (nSPS) is 24.1. The minimum atomic E-state index is -1.40. The first kappa shape index (κ1) is 18.2. The Labute approximate surface area is 162 Å². The van der Waals surface area contributed by atoms with Crippen molar-refractivity contribution in [3.8, 4) is 11.8 Å². The van der Waals surface area contributed by atoms with Gasteiger partial charge in [0, 0.05) is 16.2 Å². The van der Waals surface area contributed by atoms with E-state index in [1.807, 2.05) is 0 Å². The Hall–Kier alpha value is -1.62. The molecule has 0 amide bonds. The number of nitrogens with zero attached hydrogens (tertiary/aromatic N) is 2. The van der Waals surface area contributed by atoms with Crippen molar-refractivity contribution in [3.63, 3.8) is 0 Å². The largest absolute Gasteiger partial charge is 0.484 e. The minimum absolute atomic E-state index is 0.278. The summed E-state index contributed by atoms with van der Waals surface area (Å²) in [6.45, 7) is 5.19. The minimum Gasteiger partial charge on any atom is -0.484 e. The Morgan fingerprint density at radius 3 is 2.60 bits per heavy atom. The highest BCUT2D eigenvalue weighted by molar-refractivity contribution is 9.11. The van der Waals surface area contributed by atoms with Crippen molar-refractivity contribution in [2.24, 2.45) is 0 Å². The third kappa shape index (κ3) is 2.82. The molecule has 1 aromatic carbocycles. The summed E-state index contributed by atoms with van der Waals surface area (Å²) in [7, 11) is 0. The van der Waals surface area contributed by atoms with Crippen molar-refractivity contribution in [2.45, 2.75) is 38.0 Å². The second kappa shape index (κ2) is 5.97. The summed E-state index contributed by atoms with van der Waals surface area (Å²) in [5, 5.41) is 20.6. The SMILES string of the molecule is CC1(C)Oc2ccc(C#N)cc2C(n2cc(Br)cc(Br)c2=O)C1(C)O. The van der Waals surface area contributed by atoms with Gasteiger partial charge in [0.15, 0.2) is 0 Å². The molecule has 1 aliphatic rings. The lowest BCUT2D eigenvalue weighted by Crippen LogP contribution is -2.60. The summed E-state index contributed by atoms with van der Waals surface area (Å²) in [5.74, 6) is 0.545. The van der Waals surface area contributed by atoms with Crippen LogP contribution in [0.15, 0.2) is 44.2 Å². The molecule has 0 spiro atoms. The molecule has 3 rings (SSSR count). The lowest BCUT2D eigenvalue weighted by molar-refractivity contribution is -0.139. The van der Waals surface area contributed by atoms with Gasteiger partial charge in [0.2, 0.25) is 0 Å². The average Bonchev–Trinajstić information content (AvgIpc) is 2.52. The molecule has 1 N–H and O–H groups in total. The van der Waals surface area contributed by atoms with E-state index in [0.717, 1.165) is 0 Å². The zero-order chi connectivity index (χ0) is 18.6. The number of nitriles is 1. The summed E-state index contributed by atoms with van der Waals surface area (Å²) >= 11 is 6.66. The van der Waals surface area contributed by atoms with E-state index in [1.54, 1.807) is 51.2 Å². The summed E-state index contributed by atoms with van der Waals surface area (Å²) < 4.78 is 8.53. The van der Waals surface area contributed by atoms with Crippen molar-refractivity contribution in [1.82, 2.24) is 4.57 Å². The number of benzene rings is 1. The second-order valence-corrected chi connectivity index (χ2v) is 8.52. The van der Waals surface area contributed by atoms with Crippen molar-refractivity contribution < 1.29 is 9.84 Å². The van der Waals surface area contributed by atoms with Gasteiger partial charge in [-0.3, -0.25) is 4.79 Å². The number of pyridine rings is 1. The quantitative estimate of drug-likeness (QED) is 0.692. The maximum absolute atomic E-state index is 12.8. The highest BCUT2D eigenvalue weighted by Crippen LogP contribution is 2.48. The summed E-state index contributed by atoms with van der Waals surface area (Å²) in [5.41, 5.74) is -1.61. The van der Waals surface area contributed by atoms with Gasteiger partial charge in [-0.05, 0) is 76.9 Å². The Morgan fingerprint density at radius 1 is 1.28 bits per heavy atom. The molecule has 25 heavy (non-hydrogen) atoms. The number of hydrogen-bond donors (Lipinski definition) is 1. The molecule has 0 fully saturated rings. The fraction of sp³-hybridized carbons (Fsp3) is 0.333. The standard InChI is InChI=1S/C18H16Br2N2O3/c1-17(2)18(3,24)15(22-9-11(19)7-13(20)16(22)23)12-6-10(8-21)4-5-14(12)25-17/h4-7,9,15,24H,1-3H3. The number of aliphatic hydroxyl groups is 1. The third-order valence-electron chi connectivity index (χ3n) is 4.79. The molecular formula is C18H16Br2N2O3. The lowest BCUT2D eigenvalue weighted by Gasteiger charge is -2.50. The second-order valence-electron chi connectivity index (χ2n) is 6.75. The molecule has 0 saturated heterocycles. The van der Waals surface area contributed by atoms with Gasteiger partial charge in [-0.25, -0.2) is 0 Å². The van der Waals surface area contributed by atoms with Crippen molar-refractivity contribution in [1.29, 1.82) is 5.26 Å². The lowest BCUT2D eigenvalue weighted by atomic mass is 9.75. The van der Waals surface area contributed by atoms with Crippen LogP contribution in [0.25, 0.3) is 0 Å². The number of aromatic nitrogens is 1. The van der Waals surface area contributed by atoms with E-state index in [4.69, 9.17) is 4.74 Å². The zero-order valence-corrected chi connectivity index (χ0v) is 17.1. The van der Waals surface area contributed by atoms with Crippen LogP contribution in [0.4, 0.5) is 0 Å². The summed E-state index contributed by atoms with van der Waals surface area (Å²) in [6.07, 6.45) is 1.64. The summed E-state index contributed by atoms with van der Waals surface area (Å²) in [4.78, 5) is 12.8. The maximum Gasteiger partial charge on any atom is 0.265 e. The van der Waals surface area contributed by atoms with E-state index in [1.165, 1.54) is 4.57 Å². The van der Waals surface area contributed by atoms with Gasteiger partial charge in [0.25, 0.3) is 5.56 Å². The Kier molecular flexibility index (Phi) is 4.34. The van der Waals surface area contributed by atoms with Gasteiger partial charge in [-0.1, -0.05) is 0 Å². The fourth-order valence-corrected chi connectivity index (χ4v) is 4.29. The van der Waals surface area contributed by atoms with Crippen LogP contribution in [0, 0.1) is 11.3 Å². The molecular weight excluding hydrogens is 452 g/mol. The number of fused-ring (bicyclic) bond motifs is 1. The van der Waals surface area contributed by atoms with Crippen molar-refractivity contribution in [3.05, 3.63) is 60.9 Å². The molecule has 0 saturated carbocycles. The van der Waals surface area contributed by atoms with Gasteiger partial charge in [0.05, 0.1) is 22.1 Å². The number of ether oxygens (including phenoxy) is 1. The molecule has 2 unspecified atom stereocenters. The Morgan fingerprint density at radius 2 is 1.96 bits per heavy atom. The Balaban J connectivity index is 2.38. The highest BCUT2D eigenvalue weighted by atomic mass is 79.9. The molecule has 130 valence electrons. The third-order valence-corrected chi connectivity index (χ3v) is 5.80. The van der Waals surface area contributed by atoms with E-state index in [9.17, 15) is 15.2 Å². The topological polar surface area (TPSA) is 75.2 Å². The first-order chi connectivity index (χ1) is 11.6. The van der Waals surface area contributed by atoms with E-state index in [0.29, 0.717) is 25.8 Å². The van der Waals surface area contributed by atoms with Crippen LogP contribution in [0.5, 0.6) is 5.75 Å². The van der Waals surface area contributed by atoms with Crippen molar-refractivity contribution >= 4 is 31.9 Å². The Bertz CT molecular complexity index is 958. The van der Waals surface area contributed by atoms with Crippen LogP contribution in [0.3, 0.4) is 0 Å². The predicted octanol–water partition coefficient (Wildman–Crippen LogP) is 3.76. The van der Waals surface area contributed by atoms with Crippen LogP contribution in [-0.2, 0) is 0 Å². The molecule has 0 radical (unpaired) electrons. The first-order valence-corrected chi connectivity index (χ1v) is 9.19. The van der Waals surface area contributed by atoms with Crippen LogP contribution >= 0.6 is 31.9 Å². The zero-order valence-electron chi connectivity index (χ0n) is 13.9. The molecule has 2 atom stereocenters. The van der Waals surface area contributed by atoms with Gasteiger partial charge in [-0.15, -0.1) is 0 Å². The molecule has 5 nitrogen and oxygen atoms in total. The number of halogens is 2. The molecule has 7 heteroatoms. The average molecular weight is 468 g/mol. The maximum atomic E-state index is 12.8. The van der Waals surface area contributed by atoms with Gasteiger partial charge in [0.1, 0.15) is 17.0 Å². The molecule has 0 bridgehead atoms. The van der Waals surface area contributed by atoms with Gasteiger partial charge >= 0.3 is 0 Å². The smallest absolute Gasteiger partial charge is 0.265 e. The predicted molar refractivity (Wildman–Crippen MR) is 101 cm³/mol. The van der Waals surface area contributed by atoms with Crippen LogP contribution in [0.1, 0.15) is 37.9 Å². The molecule has 1 aliphatic heterocycles. The monoisotopic (exact) mass is 466 g/mol. The highest BCUT2D eigenvalue weighted by Gasteiger charge is 2.53. The van der Waals surface area contributed by atoms with Gasteiger partial charge < -0.3 is 14.4 Å². The van der Waals surface area contributed by atoms with E-state index >= 15 is 0 Å². The molecule has 2 heterocycles. The molecule has 1 aromatic heterocycles. The molecule has 0 aliphatic carbocycles. The molecule has 2 aromatic rings. The van der Waals surface area contributed by atoms with E-state index in [2.05, 4.69) is 37.9 Å². The summed E-state index contributed by atoms with van der Waals surface area (Å²) in [6, 6.07) is 8.05. The van der Waals surface area contributed by atoms with Crippen molar-refractivity contribution in [2.75, 3.05) is 0 Å². The number of rotatable bonds is 1. The van der Waals surface area contributed by atoms with Gasteiger partial charge in [-0.2, -0.15) is 5.26 Å². The van der Waals surface area contributed by atoms with Crippen LogP contribution in [0.2, 0.25) is 0 Å². The van der Waals surface area contributed by atoms with Crippen LogP contribution < -0.4 is 10.3 Å². The van der Waals surface area contributed by atoms with Crippen LogP contribution in [-0.4, -0.2) is 20.9 Å². The van der Waals surface area contributed by atoms with E-state index in [-0.39, 0.29) is 5.56 Å². The fourth-order valence-electron chi connectivity index (χ4n) is 3.08.